The maximum absolute atomic E-state index is 7.14. The number of hydrogen-bond acceptors (Lipinski definition) is 3. The first-order valence-electron chi connectivity index (χ1n) is 5.76. The Morgan fingerprint density at radius 2 is 1.73 bits per heavy atom. The van der Waals surface area contributed by atoms with Crippen molar-refractivity contribution in [2.24, 2.45) is 5.73 Å². The van der Waals surface area contributed by atoms with Crippen molar-refractivity contribution >= 4 is 5.84 Å². The lowest BCUT2D eigenvalue weighted by atomic mass is 10.2. The molecule has 0 atom stereocenters. The van der Waals surface area contributed by atoms with Crippen LogP contribution in [0, 0.1) is 5.41 Å². The third-order valence-corrected chi connectivity index (χ3v) is 2.45. The Kier molecular flexibility index (Phi) is 8.33. The first-order valence-corrected chi connectivity index (χ1v) is 5.76. The first-order chi connectivity index (χ1) is 7.06. The highest BCUT2D eigenvalue weighted by Gasteiger charge is 2.02. The van der Waals surface area contributed by atoms with E-state index >= 15 is 0 Å². The number of nitrogens with zero attached hydrogens (tertiary/aromatic N) is 2. The second kappa shape index (κ2) is 8.68. The molecule has 15 heavy (non-hydrogen) atoms. The van der Waals surface area contributed by atoms with Gasteiger partial charge in [-0.05, 0) is 53.1 Å². The minimum absolute atomic E-state index is 0.305. The minimum atomic E-state index is 0.305. The van der Waals surface area contributed by atoms with E-state index in [-0.39, 0.29) is 0 Å². The van der Waals surface area contributed by atoms with Crippen molar-refractivity contribution in [2.75, 3.05) is 40.3 Å². The van der Waals surface area contributed by atoms with Gasteiger partial charge in [0.2, 0.25) is 0 Å². The van der Waals surface area contributed by atoms with Gasteiger partial charge in [0.15, 0.2) is 0 Å². The zero-order chi connectivity index (χ0) is 11.7. The highest BCUT2D eigenvalue weighted by Crippen LogP contribution is 1.97. The van der Waals surface area contributed by atoms with Gasteiger partial charge in [0, 0.05) is 6.42 Å². The Hall–Kier alpha value is -0.610. The Labute approximate surface area is 93.9 Å². The summed E-state index contributed by atoms with van der Waals surface area (Å²) in [5.74, 6) is 0.305. The Bertz CT molecular complexity index is 168. The Balaban J connectivity index is 3.50. The SMILES string of the molecule is CCN(CCCC(=N)N)CCCN(C)C. The van der Waals surface area contributed by atoms with Gasteiger partial charge < -0.3 is 15.5 Å². The van der Waals surface area contributed by atoms with Crippen LogP contribution in [0.5, 0.6) is 0 Å². The molecule has 4 nitrogen and oxygen atoms in total. The van der Waals surface area contributed by atoms with Crippen molar-refractivity contribution in [3.05, 3.63) is 0 Å². The van der Waals surface area contributed by atoms with Crippen LogP contribution in [0.25, 0.3) is 0 Å². The fourth-order valence-electron chi connectivity index (χ4n) is 1.53. The summed E-state index contributed by atoms with van der Waals surface area (Å²) in [6.07, 6.45) is 2.94. The molecule has 90 valence electrons. The third-order valence-electron chi connectivity index (χ3n) is 2.45. The molecule has 0 saturated carbocycles. The van der Waals surface area contributed by atoms with E-state index in [4.69, 9.17) is 11.1 Å². The molecule has 0 amide bonds. The van der Waals surface area contributed by atoms with E-state index in [0.29, 0.717) is 5.84 Å². The van der Waals surface area contributed by atoms with Crippen LogP contribution in [-0.2, 0) is 0 Å². The van der Waals surface area contributed by atoms with Gasteiger partial charge in [-0.3, -0.25) is 5.41 Å². The summed E-state index contributed by atoms with van der Waals surface area (Å²) in [5.41, 5.74) is 5.32. The van der Waals surface area contributed by atoms with E-state index in [1.54, 1.807) is 0 Å². The van der Waals surface area contributed by atoms with E-state index in [2.05, 4.69) is 30.8 Å². The Morgan fingerprint density at radius 3 is 2.20 bits per heavy atom. The lowest BCUT2D eigenvalue weighted by Gasteiger charge is -2.21. The van der Waals surface area contributed by atoms with Gasteiger partial charge in [-0.15, -0.1) is 0 Å². The van der Waals surface area contributed by atoms with Crippen LogP contribution in [0.15, 0.2) is 0 Å². The van der Waals surface area contributed by atoms with Crippen LogP contribution in [0.2, 0.25) is 0 Å². The van der Waals surface area contributed by atoms with Gasteiger partial charge >= 0.3 is 0 Å². The molecule has 4 heteroatoms. The number of hydrogen-bond donors (Lipinski definition) is 2. The Morgan fingerprint density at radius 1 is 1.13 bits per heavy atom. The molecule has 0 spiro atoms. The second-order valence-electron chi connectivity index (χ2n) is 4.22. The topological polar surface area (TPSA) is 56.4 Å². The van der Waals surface area contributed by atoms with Crippen molar-refractivity contribution < 1.29 is 0 Å². The van der Waals surface area contributed by atoms with Crippen LogP contribution >= 0.6 is 0 Å². The summed E-state index contributed by atoms with van der Waals surface area (Å²) in [6.45, 7) is 6.62. The molecule has 0 unspecified atom stereocenters. The van der Waals surface area contributed by atoms with Crippen LogP contribution in [0.1, 0.15) is 26.2 Å². The monoisotopic (exact) mass is 214 g/mol. The predicted octanol–water partition coefficient (Wildman–Crippen LogP) is 0.976. The van der Waals surface area contributed by atoms with Crippen molar-refractivity contribution in [2.45, 2.75) is 26.2 Å². The number of rotatable bonds is 9. The minimum Gasteiger partial charge on any atom is -0.388 e. The molecule has 0 radical (unpaired) electrons. The van der Waals surface area contributed by atoms with Crippen molar-refractivity contribution in [1.29, 1.82) is 5.41 Å². The van der Waals surface area contributed by atoms with Crippen LogP contribution in [0.4, 0.5) is 0 Å². The summed E-state index contributed by atoms with van der Waals surface area (Å²) in [6, 6.07) is 0. The normalized spacial score (nSPS) is 11.3. The maximum Gasteiger partial charge on any atom is 0.0905 e. The van der Waals surface area contributed by atoms with Crippen LogP contribution < -0.4 is 5.73 Å². The van der Waals surface area contributed by atoms with Crippen LogP contribution in [-0.4, -0.2) is 55.9 Å². The average molecular weight is 214 g/mol. The molecule has 0 fully saturated rings. The summed E-state index contributed by atoms with van der Waals surface area (Å²) in [7, 11) is 4.21. The quantitative estimate of drug-likeness (QED) is 0.444. The number of nitrogens with two attached hydrogens (primary N) is 1. The zero-order valence-corrected chi connectivity index (χ0v) is 10.4. The van der Waals surface area contributed by atoms with E-state index in [0.717, 1.165) is 39.0 Å². The summed E-state index contributed by atoms with van der Waals surface area (Å²) >= 11 is 0. The predicted molar refractivity (Wildman–Crippen MR) is 66.4 cm³/mol. The molecule has 0 aromatic carbocycles. The van der Waals surface area contributed by atoms with E-state index in [1.165, 1.54) is 6.42 Å². The van der Waals surface area contributed by atoms with Crippen molar-refractivity contribution in [1.82, 2.24) is 9.80 Å². The van der Waals surface area contributed by atoms with Crippen LogP contribution in [0.3, 0.4) is 0 Å². The zero-order valence-electron chi connectivity index (χ0n) is 10.4. The van der Waals surface area contributed by atoms with Crippen molar-refractivity contribution in [3.63, 3.8) is 0 Å². The van der Waals surface area contributed by atoms with E-state index in [1.807, 2.05) is 0 Å². The summed E-state index contributed by atoms with van der Waals surface area (Å²) < 4.78 is 0. The van der Waals surface area contributed by atoms with E-state index < -0.39 is 0 Å². The molecule has 0 rings (SSSR count). The molecule has 0 heterocycles. The van der Waals surface area contributed by atoms with E-state index in [9.17, 15) is 0 Å². The molecule has 0 aromatic rings. The van der Waals surface area contributed by atoms with Gasteiger partial charge in [-0.25, -0.2) is 0 Å². The van der Waals surface area contributed by atoms with Crippen molar-refractivity contribution in [3.8, 4) is 0 Å². The highest BCUT2D eigenvalue weighted by atomic mass is 15.1. The summed E-state index contributed by atoms with van der Waals surface area (Å²) in [5, 5.41) is 7.14. The number of amidine groups is 1. The molecule has 0 aliphatic heterocycles. The summed E-state index contributed by atoms with van der Waals surface area (Å²) in [4.78, 5) is 4.63. The lowest BCUT2D eigenvalue weighted by Crippen LogP contribution is -2.28. The molecule has 0 aliphatic carbocycles. The van der Waals surface area contributed by atoms with Gasteiger partial charge in [0.05, 0.1) is 5.84 Å². The second-order valence-corrected chi connectivity index (χ2v) is 4.22. The third kappa shape index (κ3) is 9.69. The molecule has 0 bridgehead atoms. The molecule has 0 aromatic heterocycles. The standard InChI is InChI=1S/C11H26N4/c1-4-15(9-5-7-11(12)13)10-6-8-14(2)3/h4-10H2,1-3H3,(H3,12,13). The van der Waals surface area contributed by atoms with Gasteiger partial charge in [-0.1, -0.05) is 6.92 Å². The molecular formula is C11H26N4. The number of nitrogens with one attached hydrogen (secondary N) is 1. The average Bonchev–Trinajstić information content (AvgIpc) is 2.14. The fraction of sp³-hybridized carbons (Fsp3) is 0.909. The first kappa shape index (κ1) is 14.4. The largest absolute Gasteiger partial charge is 0.388 e. The van der Waals surface area contributed by atoms with Gasteiger partial charge in [-0.2, -0.15) is 0 Å². The molecular weight excluding hydrogens is 188 g/mol. The fourth-order valence-corrected chi connectivity index (χ4v) is 1.53. The highest BCUT2D eigenvalue weighted by molar-refractivity contribution is 5.76. The smallest absolute Gasteiger partial charge is 0.0905 e. The molecule has 3 N–H and O–H groups in total. The molecule has 0 saturated heterocycles. The van der Waals surface area contributed by atoms with Gasteiger partial charge in [0.25, 0.3) is 0 Å². The maximum atomic E-state index is 7.14. The van der Waals surface area contributed by atoms with Gasteiger partial charge in [0.1, 0.15) is 0 Å². The molecule has 0 aliphatic rings. The lowest BCUT2D eigenvalue weighted by molar-refractivity contribution is 0.265.